The van der Waals surface area contributed by atoms with Gasteiger partial charge in [0.05, 0.1) is 18.3 Å². The monoisotopic (exact) mass is 406 g/mol. The zero-order valence-corrected chi connectivity index (χ0v) is 18.8. The first-order valence-corrected chi connectivity index (χ1v) is 12.1. The molecular weight excluding hydrogens is 364 g/mol. The van der Waals surface area contributed by atoms with Crippen LogP contribution in [0, 0.1) is 46.3 Å². The predicted octanol–water partition coefficient (Wildman–Crippen LogP) is 3.95. The molecule has 3 N–H and O–H groups in total. The number of ketones is 1. The summed E-state index contributed by atoms with van der Waals surface area (Å²) in [5, 5.41) is 33.0. The van der Waals surface area contributed by atoms with Gasteiger partial charge in [0.25, 0.3) is 0 Å². The molecule has 0 aromatic carbocycles. The third kappa shape index (κ3) is 3.32. The molecule has 4 fully saturated rings. The fourth-order valence-corrected chi connectivity index (χ4v) is 8.76. The molecule has 4 aliphatic carbocycles. The first kappa shape index (κ1) is 21.8. The highest BCUT2D eigenvalue weighted by Gasteiger charge is 2.65. The van der Waals surface area contributed by atoms with Crippen molar-refractivity contribution in [2.24, 2.45) is 46.3 Å². The zero-order valence-electron chi connectivity index (χ0n) is 18.8. The maximum Gasteiger partial charge on any atom is 0.129 e. The predicted molar refractivity (Wildman–Crippen MR) is 113 cm³/mol. The van der Waals surface area contributed by atoms with E-state index in [1.807, 2.05) is 0 Å². The minimum Gasteiger partial charge on any atom is -0.393 e. The van der Waals surface area contributed by atoms with E-state index in [2.05, 4.69) is 20.8 Å². The summed E-state index contributed by atoms with van der Waals surface area (Å²) in [6, 6.07) is 0. The molecule has 0 saturated heterocycles. The van der Waals surface area contributed by atoms with Gasteiger partial charge in [-0.2, -0.15) is 0 Å². The molecule has 4 rings (SSSR count). The Morgan fingerprint density at radius 3 is 2.45 bits per heavy atom. The van der Waals surface area contributed by atoms with E-state index in [4.69, 9.17) is 0 Å². The summed E-state index contributed by atoms with van der Waals surface area (Å²) in [6.45, 7) is 8.59. The van der Waals surface area contributed by atoms with Crippen LogP contribution in [0.4, 0.5) is 0 Å². The molecule has 0 aliphatic heterocycles. The number of hydrogen-bond donors (Lipinski definition) is 3. The lowest BCUT2D eigenvalue weighted by Crippen LogP contribution is -2.62. The second kappa shape index (κ2) is 7.60. The minimum atomic E-state index is -0.337. The SMILES string of the molecule is CC(=O)CC[C@@H](C)[C@H]1CC[C@H]2[C@@H]3[C@H](O)C[C@@H]4C[C@H](O)CCC4(C)[C@H]3C[C@H](O)[C@]12C. The van der Waals surface area contributed by atoms with Crippen molar-refractivity contribution in [1.82, 2.24) is 0 Å². The van der Waals surface area contributed by atoms with Crippen molar-refractivity contribution < 1.29 is 20.1 Å². The molecule has 0 radical (unpaired) electrons. The van der Waals surface area contributed by atoms with Crippen LogP contribution < -0.4 is 0 Å². The summed E-state index contributed by atoms with van der Waals surface area (Å²) in [7, 11) is 0. The Labute approximate surface area is 176 Å². The van der Waals surface area contributed by atoms with Crippen molar-refractivity contribution in [3.8, 4) is 0 Å². The van der Waals surface area contributed by atoms with Crippen molar-refractivity contribution in [2.75, 3.05) is 0 Å². The van der Waals surface area contributed by atoms with Crippen molar-refractivity contribution in [2.45, 2.75) is 104 Å². The largest absolute Gasteiger partial charge is 0.393 e. The Balaban J connectivity index is 1.61. The number of rotatable bonds is 4. The normalized spacial score (nSPS) is 52.9. The van der Waals surface area contributed by atoms with Crippen molar-refractivity contribution >= 4 is 5.78 Å². The van der Waals surface area contributed by atoms with E-state index < -0.39 is 0 Å². The number of aliphatic hydroxyl groups excluding tert-OH is 3. The summed E-state index contributed by atoms with van der Waals surface area (Å²) in [6.07, 6.45) is 7.12. The Morgan fingerprint density at radius 1 is 1.03 bits per heavy atom. The van der Waals surface area contributed by atoms with Crippen LogP contribution in [0.1, 0.15) is 85.5 Å². The lowest BCUT2D eigenvalue weighted by atomic mass is 9.43. The topological polar surface area (TPSA) is 77.8 Å². The lowest BCUT2D eigenvalue weighted by Gasteiger charge is -2.63. The third-order valence-corrected chi connectivity index (χ3v) is 10.5. The molecule has 166 valence electrons. The van der Waals surface area contributed by atoms with Crippen molar-refractivity contribution in [1.29, 1.82) is 0 Å². The van der Waals surface area contributed by atoms with E-state index >= 15 is 0 Å². The van der Waals surface area contributed by atoms with Gasteiger partial charge in [0.15, 0.2) is 0 Å². The maximum absolute atomic E-state index is 11.5. The summed E-state index contributed by atoms with van der Waals surface area (Å²) in [5.74, 6) is 2.45. The standard InChI is InChI=1S/C25H42O4/c1-14(5-6-15(2)26)18-7-8-19-23-20(13-22(29)25(18,19)4)24(3)10-9-17(27)11-16(24)12-21(23)28/h14,16-23,27-29H,5-13H2,1-4H3/t14-,16+,17-,18-,19+,20+,21-,22+,23+,24?,25-/m1/s1. The van der Waals surface area contributed by atoms with Gasteiger partial charge in [0, 0.05) is 6.42 Å². The molecular formula is C25H42O4. The molecule has 0 spiro atoms. The molecule has 4 nitrogen and oxygen atoms in total. The van der Waals surface area contributed by atoms with Gasteiger partial charge >= 0.3 is 0 Å². The maximum atomic E-state index is 11.5. The second-order valence-electron chi connectivity index (χ2n) is 11.7. The molecule has 4 aliphatic rings. The van der Waals surface area contributed by atoms with Gasteiger partial charge in [-0.15, -0.1) is 0 Å². The molecule has 0 bridgehead atoms. The highest BCUT2D eigenvalue weighted by Crippen LogP contribution is 2.68. The Kier molecular flexibility index (Phi) is 5.71. The molecule has 0 heterocycles. The number of hydrogen-bond acceptors (Lipinski definition) is 4. The van der Waals surface area contributed by atoms with Crippen LogP contribution in [0.3, 0.4) is 0 Å². The van der Waals surface area contributed by atoms with Gasteiger partial charge in [-0.25, -0.2) is 0 Å². The Morgan fingerprint density at radius 2 is 1.76 bits per heavy atom. The molecule has 4 saturated carbocycles. The van der Waals surface area contributed by atoms with Gasteiger partial charge in [0.2, 0.25) is 0 Å². The van der Waals surface area contributed by atoms with Gasteiger partial charge in [0.1, 0.15) is 5.78 Å². The van der Waals surface area contributed by atoms with E-state index in [9.17, 15) is 20.1 Å². The van der Waals surface area contributed by atoms with E-state index in [-0.39, 0.29) is 40.8 Å². The van der Waals surface area contributed by atoms with Crippen LogP contribution in [0.5, 0.6) is 0 Å². The van der Waals surface area contributed by atoms with Crippen LogP contribution in [0.25, 0.3) is 0 Å². The highest BCUT2D eigenvalue weighted by molar-refractivity contribution is 5.75. The quantitative estimate of drug-likeness (QED) is 0.660. The van der Waals surface area contributed by atoms with Crippen LogP contribution >= 0.6 is 0 Å². The van der Waals surface area contributed by atoms with E-state index in [1.165, 1.54) is 0 Å². The number of carbonyl (C=O) groups is 1. The van der Waals surface area contributed by atoms with Crippen LogP contribution in [-0.2, 0) is 4.79 Å². The van der Waals surface area contributed by atoms with Gasteiger partial charge in [-0.3, -0.25) is 0 Å². The van der Waals surface area contributed by atoms with Crippen LogP contribution in [0.2, 0.25) is 0 Å². The number of Topliss-reactive ketones (excluding diaryl/α,β-unsaturated/α-hetero) is 1. The molecule has 4 heteroatoms. The summed E-state index contributed by atoms with van der Waals surface area (Å²) in [4.78, 5) is 11.5. The first-order chi connectivity index (χ1) is 13.6. The molecule has 0 amide bonds. The average molecular weight is 407 g/mol. The van der Waals surface area contributed by atoms with Crippen molar-refractivity contribution in [3.63, 3.8) is 0 Å². The lowest BCUT2D eigenvalue weighted by molar-refractivity contribution is -0.207. The van der Waals surface area contributed by atoms with E-state index in [0.717, 1.165) is 51.4 Å². The Hall–Kier alpha value is -0.450. The fraction of sp³-hybridized carbons (Fsp3) is 0.960. The van der Waals surface area contributed by atoms with Crippen LogP contribution in [-0.4, -0.2) is 39.4 Å². The molecule has 11 atom stereocenters. The minimum absolute atomic E-state index is 0.129. The summed E-state index contributed by atoms with van der Waals surface area (Å²) >= 11 is 0. The molecule has 0 aromatic rings. The highest BCUT2D eigenvalue weighted by atomic mass is 16.3. The smallest absolute Gasteiger partial charge is 0.129 e. The van der Waals surface area contributed by atoms with E-state index in [0.29, 0.717) is 36.0 Å². The fourth-order valence-electron chi connectivity index (χ4n) is 8.76. The Bertz CT molecular complexity index is 634. The van der Waals surface area contributed by atoms with Crippen molar-refractivity contribution in [3.05, 3.63) is 0 Å². The third-order valence-electron chi connectivity index (χ3n) is 10.5. The number of fused-ring (bicyclic) bond motifs is 5. The molecule has 0 aromatic heterocycles. The van der Waals surface area contributed by atoms with Gasteiger partial charge < -0.3 is 20.1 Å². The number of aliphatic hydroxyl groups is 3. The zero-order chi connectivity index (χ0) is 21.1. The van der Waals surface area contributed by atoms with Gasteiger partial charge in [-0.05, 0) is 105 Å². The molecule has 29 heavy (non-hydrogen) atoms. The number of carbonyl (C=O) groups excluding carboxylic acids is 1. The second-order valence-corrected chi connectivity index (χ2v) is 11.7. The first-order valence-electron chi connectivity index (χ1n) is 12.1. The molecule has 1 unspecified atom stereocenters. The van der Waals surface area contributed by atoms with E-state index in [1.54, 1.807) is 6.92 Å². The van der Waals surface area contributed by atoms with Gasteiger partial charge in [-0.1, -0.05) is 20.8 Å². The summed E-state index contributed by atoms with van der Waals surface area (Å²) in [5.41, 5.74) is -0.0283. The van der Waals surface area contributed by atoms with Crippen LogP contribution in [0.15, 0.2) is 0 Å². The summed E-state index contributed by atoms with van der Waals surface area (Å²) < 4.78 is 0. The average Bonchev–Trinajstić information content (AvgIpc) is 3.01.